The number of ether oxygens (including phenoxy) is 1. The maximum absolute atomic E-state index is 12.9. The van der Waals surface area contributed by atoms with E-state index < -0.39 is 10.0 Å². The van der Waals surface area contributed by atoms with E-state index in [1.54, 1.807) is 44.3 Å². The first-order valence-corrected chi connectivity index (χ1v) is 11.3. The third kappa shape index (κ3) is 5.24. The highest BCUT2D eigenvalue weighted by molar-refractivity contribution is 9.10. The second-order valence-electron chi connectivity index (χ2n) is 6.65. The molecule has 30 heavy (non-hydrogen) atoms. The smallest absolute Gasteiger partial charge is 0.255 e. The van der Waals surface area contributed by atoms with E-state index in [0.717, 1.165) is 4.47 Å². The van der Waals surface area contributed by atoms with Crippen molar-refractivity contribution in [1.29, 1.82) is 0 Å². The number of nitrogens with two attached hydrogens (primary N) is 1. The van der Waals surface area contributed by atoms with Gasteiger partial charge in [-0.15, -0.1) is 0 Å². The number of hydrogen-bond donors (Lipinski definition) is 1. The maximum atomic E-state index is 12.9. The molecule has 3 aromatic rings. The van der Waals surface area contributed by atoms with Gasteiger partial charge in [0.05, 0.1) is 16.5 Å². The van der Waals surface area contributed by atoms with Gasteiger partial charge in [0, 0.05) is 23.8 Å². The predicted molar refractivity (Wildman–Crippen MR) is 117 cm³/mol. The van der Waals surface area contributed by atoms with Crippen molar-refractivity contribution in [2.24, 2.45) is 5.14 Å². The number of rotatable bonds is 6. The lowest BCUT2D eigenvalue weighted by molar-refractivity contribution is 0.0742. The van der Waals surface area contributed by atoms with E-state index in [4.69, 9.17) is 9.88 Å². The molecule has 1 unspecified atom stereocenters. The minimum Gasteiger partial charge on any atom is -0.439 e. The normalized spacial score (nSPS) is 12.3. The minimum absolute atomic E-state index is 0.00316. The lowest BCUT2D eigenvalue weighted by Gasteiger charge is -2.25. The summed E-state index contributed by atoms with van der Waals surface area (Å²) in [6.45, 7) is 1.80. The Kier molecular flexibility index (Phi) is 6.55. The zero-order valence-corrected chi connectivity index (χ0v) is 18.7. The Labute approximate surface area is 183 Å². The van der Waals surface area contributed by atoms with Crippen LogP contribution in [0.15, 0.2) is 76.2 Å². The molecule has 9 heteroatoms. The number of carbonyl (C=O) groups excluding carboxylic acids is 1. The average Bonchev–Trinajstić information content (AvgIpc) is 2.72. The first-order chi connectivity index (χ1) is 14.1. The Morgan fingerprint density at radius 3 is 2.50 bits per heavy atom. The number of nitrogens with zero attached hydrogens (tertiary/aromatic N) is 2. The van der Waals surface area contributed by atoms with Gasteiger partial charge in [0.15, 0.2) is 0 Å². The van der Waals surface area contributed by atoms with Crippen molar-refractivity contribution in [3.05, 3.63) is 82.5 Å². The molecule has 1 atom stereocenters. The van der Waals surface area contributed by atoms with E-state index in [2.05, 4.69) is 20.9 Å². The molecule has 0 aliphatic rings. The third-order valence-corrected chi connectivity index (χ3v) is 5.98. The fourth-order valence-electron chi connectivity index (χ4n) is 2.77. The Balaban J connectivity index is 1.74. The van der Waals surface area contributed by atoms with Gasteiger partial charge >= 0.3 is 0 Å². The van der Waals surface area contributed by atoms with Crippen molar-refractivity contribution in [2.75, 3.05) is 7.05 Å². The van der Waals surface area contributed by atoms with Crippen molar-refractivity contribution in [2.45, 2.75) is 17.9 Å². The molecule has 2 aromatic carbocycles. The number of halogens is 1. The summed E-state index contributed by atoms with van der Waals surface area (Å²) in [5.74, 6) is 0.725. The first kappa shape index (κ1) is 21.9. The highest BCUT2D eigenvalue weighted by Crippen LogP contribution is 2.25. The summed E-state index contributed by atoms with van der Waals surface area (Å²) in [5.41, 5.74) is 1.04. The van der Waals surface area contributed by atoms with Crippen LogP contribution in [-0.4, -0.2) is 31.3 Å². The fraction of sp³-hybridized carbons (Fsp3) is 0.143. The van der Waals surface area contributed by atoms with E-state index in [9.17, 15) is 13.2 Å². The predicted octanol–water partition coefficient (Wildman–Crippen LogP) is 4.12. The standard InChI is InChI=1S/C21H20BrN3O4S/c1-14(15-5-3-8-19(11-15)30(23,27)28)25(2)21(26)16-9-10-20(24-13-16)29-18-7-4-6-17(22)12-18/h3-14H,1-2H3,(H2,23,27,28). The molecule has 0 aliphatic heterocycles. The molecular weight excluding hydrogens is 470 g/mol. The number of benzene rings is 2. The second-order valence-corrected chi connectivity index (χ2v) is 9.13. The quantitative estimate of drug-likeness (QED) is 0.560. The van der Waals surface area contributed by atoms with Gasteiger partial charge in [-0.1, -0.05) is 34.1 Å². The molecule has 2 N–H and O–H groups in total. The van der Waals surface area contributed by atoms with Crippen molar-refractivity contribution in [3.8, 4) is 11.6 Å². The van der Waals surface area contributed by atoms with E-state index in [1.165, 1.54) is 23.2 Å². The number of carbonyl (C=O) groups is 1. The van der Waals surface area contributed by atoms with Crippen molar-refractivity contribution < 1.29 is 17.9 Å². The lowest BCUT2D eigenvalue weighted by Crippen LogP contribution is -2.30. The molecule has 0 saturated carbocycles. The van der Waals surface area contributed by atoms with Crippen LogP contribution in [0.25, 0.3) is 0 Å². The molecular formula is C21H20BrN3O4S. The van der Waals surface area contributed by atoms with Gasteiger partial charge in [-0.2, -0.15) is 0 Å². The first-order valence-electron chi connectivity index (χ1n) is 8.94. The van der Waals surface area contributed by atoms with E-state index in [1.807, 2.05) is 18.2 Å². The van der Waals surface area contributed by atoms with Crippen LogP contribution >= 0.6 is 15.9 Å². The summed E-state index contributed by atoms with van der Waals surface area (Å²) >= 11 is 3.38. The molecule has 156 valence electrons. The number of aromatic nitrogens is 1. The fourth-order valence-corrected chi connectivity index (χ4v) is 3.72. The average molecular weight is 490 g/mol. The maximum Gasteiger partial charge on any atom is 0.255 e. The van der Waals surface area contributed by atoms with Gasteiger partial charge in [-0.25, -0.2) is 18.5 Å². The van der Waals surface area contributed by atoms with Crippen molar-refractivity contribution >= 4 is 31.9 Å². The highest BCUT2D eigenvalue weighted by Gasteiger charge is 2.21. The van der Waals surface area contributed by atoms with Crippen LogP contribution in [0.4, 0.5) is 0 Å². The molecule has 0 saturated heterocycles. The summed E-state index contributed by atoms with van der Waals surface area (Å²) in [7, 11) is -2.18. The molecule has 0 spiro atoms. The summed E-state index contributed by atoms with van der Waals surface area (Å²) in [5, 5.41) is 5.20. The largest absolute Gasteiger partial charge is 0.439 e. The zero-order valence-electron chi connectivity index (χ0n) is 16.3. The number of amides is 1. The molecule has 0 fully saturated rings. The molecule has 1 heterocycles. The Bertz CT molecular complexity index is 1170. The number of hydrogen-bond acceptors (Lipinski definition) is 5. The van der Waals surface area contributed by atoms with Crippen LogP contribution in [0.2, 0.25) is 0 Å². The molecule has 3 rings (SSSR count). The topological polar surface area (TPSA) is 103 Å². The zero-order chi connectivity index (χ0) is 21.9. The lowest BCUT2D eigenvalue weighted by atomic mass is 10.1. The molecule has 0 bridgehead atoms. The van der Waals surface area contributed by atoms with Gasteiger partial charge in [0.25, 0.3) is 5.91 Å². The molecule has 1 amide bonds. The van der Waals surface area contributed by atoms with Gasteiger partial charge in [-0.05, 0) is 48.9 Å². The second kappa shape index (κ2) is 8.95. The van der Waals surface area contributed by atoms with E-state index in [0.29, 0.717) is 22.8 Å². The van der Waals surface area contributed by atoms with Crippen LogP contribution in [0.5, 0.6) is 11.6 Å². The monoisotopic (exact) mass is 489 g/mol. The molecule has 7 nitrogen and oxygen atoms in total. The summed E-state index contributed by atoms with van der Waals surface area (Å²) in [4.78, 5) is 18.6. The van der Waals surface area contributed by atoms with Crippen LogP contribution in [0.3, 0.4) is 0 Å². The summed E-state index contributed by atoms with van der Waals surface area (Å²) < 4.78 is 29.7. The van der Waals surface area contributed by atoms with Crippen LogP contribution in [-0.2, 0) is 10.0 Å². The van der Waals surface area contributed by atoms with Crippen molar-refractivity contribution in [3.63, 3.8) is 0 Å². The van der Waals surface area contributed by atoms with Gasteiger partial charge in [0.2, 0.25) is 15.9 Å². The number of primary sulfonamides is 1. The Hall–Kier alpha value is -2.75. The SMILES string of the molecule is CC(c1cccc(S(N)(=O)=O)c1)N(C)C(=O)c1ccc(Oc2cccc(Br)c2)nc1. The third-order valence-electron chi connectivity index (χ3n) is 4.57. The van der Waals surface area contributed by atoms with Crippen LogP contribution in [0, 0.1) is 0 Å². The van der Waals surface area contributed by atoms with Gasteiger partial charge < -0.3 is 9.64 Å². The minimum atomic E-state index is -3.82. The van der Waals surface area contributed by atoms with Gasteiger partial charge in [0.1, 0.15) is 5.75 Å². The molecule has 1 aromatic heterocycles. The Morgan fingerprint density at radius 1 is 1.13 bits per heavy atom. The van der Waals surface area contributed by atoms with Crippen LogP contribution < -0.4 is 9.88 Å². The molecule has 0 radical (unpaired) electrons. The number of sulfonamides is 1. The number of pyridine rings is 1. The van der Waals surface area contributed by atoms with E-state index in [-0.39, 0.29) is 16.8 Å². The summed E-state index contributed by atoms with van der Waals surface area (Å²) in [6.07, 6.45) is 1.44. The molecule has 0 aliphatic carbocycles. The highest BCUT2D eigenvalue weighted by atomic mass is 79.9. The van der Waals surface area contributed by atoms with Gasteiger partial charge in [-0.3, -0.25) is 4.79 Å². The summed E-state index contributed by atoms with van der Waals surface area (Å²) in [6, 6.07) is 16.4. The van der Waals surface area contributed by atoms with E-state index >= 15 is 0 Å². The van der Waals surface area contributed by atoms with Crippen molar-refractivity contribution in [1.82, 2.24) is 9.88 Å². The Morgan fingerprint density at radius 2 is 1.87 bits per heavy atom. The van der Waals surface area contributed by atoms with Crippen LogP contribution in [0.1, 0.15) is 28.9 Å².